The van der Waals surface area contributed by atoms with E-state index in [4.69, 9.17) is 16.3 Å². The highest BCUT2D eigenvalue weighted by atomic mass is 35.5. The van der Waals surface area contributed by atoms with Gasteiger partial charge >= 0.3 is 6.01 Å². The number of nitrogens with zero attached hydrogens (tertiary/aromatic N) is 2. The molecule has 84 valence electrons. The molecule has 1 aromatic heterocycles. The molecule has 0 aliphatic heterocycles. The van der Waals surface area contributed by atoms with Gasteiger partial charge in [-0.25, -0.2) is 4.98 Å². The number of rotatable bonds is 5. The fraction of sp³-hybridized carbons (Fsp3) is 0.600. The Balaban J connectivity index is 2.74. The van der Waals surface area contributed by atoms with Crippen LogP contribution in [0.25, 0.3) is 0 Å². The number of likely N-dealkylation sites (N-methyl/N-ethyl adjacent to an activating group) is 1. The lowest BCUT2D eigenvalue weighted by Crippen LogP contribution is -2.28. The summed E-state index contributed by atoms with van der Waals surface area (Å²) in [4.78, 5) is 8.13. The zero-order valence-corrected chi connectivity index (χ0v) is 10.0. The molecule has 1 rings (SSSR count). The van der Waals surface area contributed by atoms with Crippen LogP contribution >= 0.6 is 11.6 Å². The van der Waals surface area contributed by atoms with E-state index in [-0.39, 0.29) is 0 Å². The largest absolute Gasteiger partial charge is 0.467 e. The molecule has 0 spiro atoms. The van der Waals surface area contributed by atoms with Gasteiger partial charge in [-0.05, 0) is 13.5 Å². The molecule has 1 unspecified atom stereocenters. The first-order valence-electron chi connectivity index (χ1n) is 4.96. The molecular weight excluding hydrogens is 214 g/mol. The second-order valence-electron chi connectivity index (χ2n) is 3.31. The molecule has 1 heterocycles. The van der Waals surface area contributed by atoms with Crippen LogP contribution in [-0.2, 0) is 6.42 Å². The molecule has 0 amide bonds. The smallest absolute Gasteiger partial charge is 0.316 e. The van der Waals surface area contributed by atoms with Crippen molar-refractivity contribution in [1.29, 1.82) is 0 Å². The molecule has 0 fully saturated rings. The molecule has 1 aromatic rings. The summed E-state index contributed by atoms with van der Waals surface area (Å²) in [6, 6.07) is 0.699. The van der Waals surface area contributed by atoms with Gasteiger partial charge in [-0.3, -0.25) is 0 Å². The van der Waals surface area contributed by atoms with Gasteiger partial charge in [0.25, 0.3) is 0 Å². The summed E-state index contributed by atoms with van der Waals surface area (Å²) in [6.07, 6.45) is 2.34. The van der Waals surface area contributed by atoms with Crippen molar-refractivity contribution < 1.29 is 4.74 Å². The third-order valence-electron chi connectivity index (χ3n) is 2.03. The Morgan fingerprint density at radius 1 is 1.60 bits per heavy atom. The van der Waals surface area contributed by atoms with Crippen molar-refractivity contribution >= 4 is 11.6 Å². The van der Waals surface area contributed by atoms with Crippen molar-refractivity contribution in [2.24, 2.45) is 0 Å². The Morgan fingerprint density at radius 3 is 2.93 bits per heavy atom. The van der Waals surface area contributed by atoms with Crippen LogP contribution in [0.4, 0.5) is 0 Å². The van der Waals surface area contributed by atoms with E-state index < -0.39 is 0 Å². The monoisotopic (exact) mass is 229 g/mol. The lowest BCUT2D eigenvalue weighted by atomic mass is 10.2. The van der Waals surface area contributed by atoms with Crippen molar-refractivity contribution in [1.82, 2.24) is 15.3 Å². The molecule has 15 heavy (non-hydrogen) atoms. The molecule has 1 atom stereocenters. The summed E-state index contributed by atoms with van der Waals surface area (Å²) in [5.41, 5.74) is 0.817. The van der Waals surface area contributed by atoms with Gasteiger partial charge in [0, 0.05) is 12.5 Å². The van der Waals surface area contributed by atoms with E-state index >= 15 is 0 Å². The molecule has 1 N–H and O–H groups in total. The quantitative estimate of drug-likeness (QED) is 0.835. The van der Waals surface area contributed by atoms with Crippen LogP contribution in [0.1, 0.15) is 19.5 Å². The van der Waals surface area contributed by atoms with Gasteiger partial charge in [0.15, 0.2) is 0 Å². The SMILES string of the molecule is CCNC(C)Cc1nc(OC)ncc1Cl. The molecule has 0 bridgehead atoms. The number of nitrogens with one attached hydrogen (secondary N) is 1. The number of aromatic nitrogens is 2. The molecule has 0 saturated carbocycles. The van der Waals surface area contributed by atoms with Crippen LogP contribution in [0.2, 0.25) is 5.02 Å². The lowest BCUT2D eigenvalue weighted by molar-refractivity contribution is 0.377. The lowest BCUT2D eigenvalue weighted by Gasteiger charge is -2.12. The van der Waals surface area contributed by atoms with Crippen molar-refractivity contribution in [2.75, 3.05) is 13.7 Å². The Hall–Kier alpha value is -0.870. The van der Waals surface area contributed by atoms with Gasteiger partial charge in [-0.2, -0.15) is 4.98 Å². The normalized spacial score (nSPS) is 12.5. The highest BCUT2D eigenvalue weighted by Crippen LogP contribution is 2.16. The second-order valence-corrected chi connectivity index (χ2v) is 3.72. The Morgan fingerprint density at radius 2 is 2.33 bits per heavy atom. The fourth-order valence-electron chi connectivity index (χ4n) is 1.34. The Bertz CT molecular complexity index is 320. The van der Waals surface area contributed by atoms with Crippen LogP contribution in [0, 0.1) is 0 Å². The molecule has 0 aliphatic rings. The van der Waals surface area contributed by atoms with E-state index in [0.717, 1.165) is 18.7 Å². The molecule has 0 aliphatic carbocycles. The van der Waals surface area contributed by atoms with E-state index in [1.165, 1.54) is 0 Å². The van der Waals surface area contributed by atoms with E-state index in [1.807, 2.05) is 0 Å². The fourth-order valence-corrected chi connectivity index (χ4v) is 1.50. The maximum Gasteiger partial charge on any atom is 0.316 e. The molecule has 5 heteroatoms. The Labute approximate surface area is 95.0 Å². The first-order valence-corrected chi connectivity index (χ1v) is 5.34. The maximum absolute atomic E-state index is 5.99. The van der Waals surface area contributed by atoms with E-state index in [1.54, 1.807) is 13.3 Å². The van der Waals surface area contributed by atoms with Gasteiger partial charge in [0.2, 0.25) is 0 Å². The first kappa shape index (κ1) is 12.2. The topological polar surface area (TPSA) is 47.0 Å². The van der Waals surface area contributed by atoms with Crippen molar-refractivity contribution in [3.05, 3.63) is 16.9 Å². The molecule has 0 radical (unpaired) electrons. The van der Waals surface area contributed by atoms with Gasteiger partial charge in [-0.15, -0.1) is 0 Å². The minimum Gasteiger partial charge on any atom is -0.467 e. The molecule has 4 nitrogen and oxygen atoms in total. The zero-order valence-electron chi connectivity index (χ0n) is 9.25. The number of methoxy groups -OCH3 is 1. The van der Waals surface area contributed by atoms with Gasteiger partial charge in [0.05, 0.1) is 24.0 Å². The maximum atomic E-state index is 5.99. The highest BCUT2D eigenvalue weighted by molar-refractivity contribution is 6.31. The Kier molecular flexibility index (Phi) is 4.78. The van der Waals surface area contributed by atoms with Gasteiger partial charge in [-0.1, -0.05) is 18.5 Å². The van der Waals surface area contributed by atoms with Crippen LogP contribution in [0.3, 0.4) is 0 Å². The average Bonchev–Trinajstić information content (AvgIpc) is 2.21. The minimum atomic E-state index is 0.340. The number of hydrogen-bond acceptors (Lipinski definition) is 4. The summed E-state index contributed by atoms with van der Waals surface area (Å²) >= 11 is 5.99. The van der Waals surface area contributed by atoms with Crippen LogP contribution < -0.4 is 10.1 Å². The van der Waals surface area contributed by atoms with E-state index in [9.17, 15) is 0 Å². The summed E-state index contributed by atoms with van der Waals surface area (Å²) < 4.78 is 4.95. The van der Waals surface area contributed by atoms with Gasteiger partial charge < -0.3 is 10.1 Å². The summed E-state index contributed by atoms with van der Waals surface area (Å²) in [7, 11) is 1.54. The van der Waals surface area contributed by atoms with Gasteiger partial charge in [0.1, 0.15) is 0 Å². The third-order valence-corrected chi connectivity index (χ3v) is 2.35. The number of hydrogen-bond donors (Lipinski definition) is 1. The standard InChI is InChI=1S/C10H16ClN3O/c1-4-12-7(2)5-9-8(11)6-13-10(14-9)15-3/h6-7,12H,4-5H2,1-3H3. The van der Waals surface area contributed by atoms with Crippen LogP contribution in [0.15, 0.2) is 6.20 Å². The summed E-state index contributed by atoms with van der Waals surface area (Å²) in [6.45, 7) is 5.09. The summed E-state index contributed by atoms with van der Waals surface area (Å²) in [5, 5.41) is 3.88. The molecule has 0 saturated heterocycles. The van der Waals surface area contributed by atoms with E-state index in [2.05, 4.69) is 29.1 Å². The second kappa shape index (κ2) is 5.88. The van der Waals surface area contributed by atoms with Crippen LogP contribution in [-0.4, -0.2) is 29.7 Å². The van der Waals surface area contributed by atoms with Crippen molar-refractivity contribution in [3.8, 4) is 6.01 Å². The number of halogens is 1. The first-order chi connectivity index (χ1) is 7.17. The van der Waals surface area contributed by atoms with Crippen LogP contribution in [0.5, 0.6) is 6.01 Å². The highest BCUT2D eigenvalue weighted by Gasteiger charge is 2.09. The zero-order chi connectivity index (χ0) is 11.3. The predicted molar refractivity (Wildman–Crippen MR) is 60.4 cm³/mol. The van der Waals surface area contributed by atoms with E-state index in [0.29, 0.717) is 17.1 Å². The number of ether oxygens (including phenoxy) is 1. The van der Waals surface area contributed by atoms with Crippen molar-refractivity contribution in [3.63, 3.8) is 0 Å². The molecular formula is C10H16ClN3O. The third kappa shape index (κ3) is 3.64. The summed E-state index contributed by atoms with van der Waals surface area (Å²) in [5.74, 6) is 0. The predicted octanol–water partition coefficient (Wildman–Crippen LogP) is 1.68. The minimum absolute atomic E-state index is 0.340. The van der Waals surface area contributed by atoms with Crippen molar-refractivity contribution in [2.45, 2.75) is 26.3 Å². The molecule has 0 aromatic carbocycles. The average molecular weight is 230 g/mol.